The summed E-state index contributed by atoms with van der Waals surface area (Å²) >= 11 is 0. The van der Waals surface area contributed by atoms with E-state index >= 15 is 0 Å². The van der Waals surface area contributed by atoms with Gasteiger partial charge >= 0.3 is 0 Å². The van der Waals surface area contributed by atoms with Gasteiger partial charge < -0.3 is 14.4 Å². The maximum absolute atomic E-state index is 7.84. The number of aromatic nitrogens is 2. The molecule has 0 amide bonds. The summed E-state index contributed by atoms with van der Waals surface area (Å²) in [4.78, 5) is 9.14. The van der Waals surface area contributed by atoms with Gasteiger partial charge in [0.2, 0.25) is 0 Å². The zero-order valence-corrected chi connectivity index (χ0v) is 33.4. The molecule has 261 valence electrons. The summed E-state index contributed by atoms with van der Waals surface area (Å²) in [6.45, 7) is 9.05. The molecule has 52 heavy (non-hydrogen) atoms. The molecule has 8 aromatic rings. The fourth-order valence-corrected chi connectivity index (χ4v) is 7.15. The van der Waals surface area contributed by atoms with Crippen LogP contribution in [0, 0.1) is 19.0 Å². The van der Waals surface area contributed by atoms with Crippen LogP contribution < -0.4 is 5.19 Å². The summed E-state index contributed by atoms with van der Waals surface area (Å²) < 4.78 is 29.6. The molecule has 3 heterocycles. The standard InChI is InChI=1S/C26H20NO.C21H22NSi.Ir/c1-17(2)19-12-13-27-24(15-19)21-8-10-22-23-14-20(18-6-4-3-5-7-18)9-11-25(23)28-26(22)16-21;1-16-10-11-18(14-20(16)17-8-6-5-7-9-17)21-13-12-19(15-22-21)23(2,3)4;/h3-15,17H,1-2H3;5-10,12-15H,1-4H3;/q2*-1;/i;1D3;. The van der Waals surface area contributed by atoms with Gasteiger partial charge in [-0.1, -0.05) is 154 Å². The molecule has 0 N–H and O–H groups in total. The Kier molecular flexibility index (Phi) is 9.98. The summed E-state index contributed by atoms with van der Waals surface area (Å²) in [6, 6.07) is 48.9. The van der Waals surface area contributed by atoms with Crippen molar-refractivity contribution in [3.8, 4) is 44.8 Å². The van der Waals surface area contributed by atoms with E-state index in [2.05, 4.69) is 122 Å². The number of fused-ring (bicyclic) bond motifs is 3. The van der Waals surface area contributed by atoms with Crippen molar-refractivity contribution >= 4 is 35.2 Å². The number of nitrogens with zero attached hydrogens (tertiary/aromatic N) is 2. The molecule has 0 saturated heterocycles. The summed E-state index contributed by atoms with van der Waals surface area (Å²) in [5, 5.41) is 3.49. The third-order valence-corrected chi connectivity index (χ3v) is 11.2. The van der Waals surface area contributed by atoms with Crippen LogP contribution in [-0.2, 0) is 20.1 Å². The summed E-state index contributed by atoms with van der Waals surface area (Å²) in [5.41, 5.74) is 10.7. The van der Waals surface area contributed by atoms with Gasteiger partial charge in [0.15, 0.2) is 0 Å². The van der Waals surface area contributed by atoms with E-state index in [-0.39, 0.29) is 20.1 Å². The maximum Gasteiger partial charge on any atom is 0.123 e. The van der Waals surface area contributed by atoms with Gasteiger partial charge in [0.1, 0.15) is 5.58 Å². The first kappa shape index (κ1) is 32.9. The Labute approximate surface area is 326 Å². The Morgan fingerprint density at radius 1 is 0.692 bits per heavy atom. The molecule has 1 radical (unpaired) electrons. The van der Waals surface area contributed by atoms with E-state index in [0.29, 0.717) is 17.0 Å². The van der Waals surface area contributed by atoms with Crippen molar-refractivity contribution in [3.05, 3.63) is 163 Å². The second-order valence-electron chi connectivity index (χ2n) is 14.1. The van der Waals surface area contributed by atoms with E-state index in [0.717, 1.165) is 50.0 Å². The molecule has 0 saturated carbocycles. The topological polar surface area (TPSA) is 38.9 Å². The van der Waals surface area contributed by atoms with Crippen LogP contribution in [0.2, 0.25) is 19.6 Å². The van der Waals surface area contributed by atoms with E-state index in [1.54, 1.807) is 6.07 Å². The Balaban J connectivity index is 0.000000184. The first-order valence-electron chi connectivity index (χ1n) is 18.8. The number of hydrogen-bond donors (Lipinski definition) is 0. The Bertz CT molecular complexity index is 2540. The van der Waals surface area contributed by atoms with E-state index < -0.39 is 14.9 Å². The van der Waals surface area contributed by atoms with Crippen LogP contribution in [0.4, 0.5) is 0 Å². The minimum atomic E-state index is -2.19. The minimum absolute atomic E-state index is 0. The van der Waals surface area contributed by atoms with Gasteiger partial charge in [-0.15, -0.1) is 47.0 Å². The Morgan fingerprint density at radius 3 is 2.12 bits per heavy atom. The predicted octanol–water partition coefficient (Wildman–Crippen LogP) is 12.3. The van der Waals surface area contributed by atoms with Crippen LogP contribution >= 0.6 is 0 Å². The molecule has 0 spiro atoms. The fraction of sp³-hybridized carbons (Fsp3) is 0.149. The molecule has 0 atom stereocenters. The summed E-state index contributed by atoms with van der Waals surface area (Å²) in [5.74, 6) is 0.466. The molecular weight excluding hydrogens is 829 g/mol. The number of aryl methyl sites for hydroxylation is 1. The molecule has 3 aromatic heterocycles. The van der Waals surface area contributed by atoms with Crippen LogP contribution in [0.25, 0.3) is 66.7 Å². The van der Waals surface area contributed by atoms with E-state index in [1.807, 2.05) is 67.0 Å². The van der Waals surface area contributed by atoms with Crippen molar-refractivity contribution in [1.29, 1.82) is 0 Å². The normalized spacial score (nSPS) is 12.4. The largest absolute Gasteiger partial charge is 0.477 e. The molecule has 0 aliphatic carbocycles. The van der Waals surface area contributed by atoms with E-state index in [1.165, 1.54) is 21.9 Å². The quantitative estimate of drug-likeness (QED) is 0.123. The summed E-state index contributed by atoms with van der Waals surface area (Å²) in [6.07, 6.45) is 3.81. The van der Waals surface area contributed by atoms with Crippen molar-refractivity contribution in [1.82, 2.24) is 9.97 Å². The van der Waals surface area contributed by atoms with Crippen LogP contribution in [0.1, 0.15) is 35.0 Å². The number of rotatable bonds is 6. The summed E-state index contributed by atoms with van der Waals surface area (Å²) in [7, 11) is -1.40. The Hall–Kier alpha value is -4.93. The van der Waals surface area contributed by atoms with Crippen LogP contribution in [0.15, 0.2) is 144 Å². The van der Waals surface area contributed by atoms with Crippen molar-refractivity contribution in [2.24, 2.45) is 0 Å². The van der Waals surface area contributed by atoms with Crippen molar-refractivity contribution in [2.75, 3.05) is 0 Å². The predicted molar refractivity (Wildman–Crippen MR) is 217 cm³/mol. The van der Waals surface area contributed by atoms with Crippen LogP contribution in [-0.4, -0.2) is 18.0 Å². The number of pyridine rings is 2. The maximum atomic E-state index is 7.84. The monoisotopic (exact) mass is 874 g/mol. The number of benzene rings is 5. The molecule has 8 rings (SSSR count). The molecule has 5 heteroatoms. The van der Waals surface area contributed by atoms with Crippen LogP contribution in [0.5, 0.6) is 0 Å². The molecule has 0 aliphatic heterocycles. The molecule has 0 fully saturated rings. The first-order chi connectivity index (χ1) is 25.8. The van der Waals surface area contributed by atoms with Crippen molar-refractivity contribution in [2.45, 2.75) is 46.3 Å². The van der Waals surface area contributed by atoms with Gasteiger partial charge in [-0.3, -0.25) is 0 Å². The number of furan rings is 1. The second-order valence-corrected chi connectivity index (χ2v) is 19.2. The number of hydrogen-bond acceptors (Lipinski definition) is 3. The zero-order valence-electron chi connectivity index (χ0n) is 33.0. The molecular formula is C47H42IrN2OSi-2. The smallest absolute Gasteiger partial charge is 0.123 e. The zero-order chi connectivity index (χ0) is 38.0. The molecule has 5 aromatic carbocycles. The van der Waals surface area contributed by atoms with Gasteiger partial charge in [0.05, 0.1) is 13.7 Å². The third kappa shape index (κ3) is 8.08. The average Bonchev–Trinajstić information content (AvgIpc) is 3.55. The molecule has 0 aliphatic rings. The van der Waals surface area contributed by atoms with Crippen molar-refractivity contribution in [3.63, 3.8) is 0 Å². The van der Waals surface area contributed by atoms with Gasteiger partial charge in [0, 0.05) is 36.6 Å². The Morgan fingerprint density at radius 2 is 1.44 bits per heavy atom. The van der Waals surface area contributed by atoms with E-state index in [4.69, 9.17) is 8.53 Å². The SMILES string of the molecule is CC(C)c1ccnc(-c2[c-]c3oc4ccc(-c5ccccc5)cc4c3cc2)c1.[2H]C([2H])([2H])c1c[c-]c(-c2ccc([Si](C)(C)C)cn2)cc1-c1ccccc1.[Ir]. The molecule has 3 nitrogen and oxygen atoms in total. The van der Waals surface area contributed by atoms with Gasteiger partial charge in [-0.2, -0.15) is 0 Å². The first-order valence-corrected chi connectivity index (χ1v) is 20.8. The third-order valence-electron chi connectivity index (χ3n) is 9.17. The molecule has 0 bridgehead atoms. The minimum Gasteiger partial charge on any atom is -0.477 e. The molecule has 0 unspecified atom stereocenters. The van der Waals surface area contributed by atoms with Gasteiger partial charge in [-0.05, 0) is 56.7 Å². The van der Waals surface area contributed by atoms with Gasteiger partial charge in [0.25, 0.3) is 0 Å². The van der Waals surface area contributed by atoms with E-state index in [9.17, 15) is 0 Å². The fourth-order valence-electron chi connectivity index (χ4n) is 6.11. The average molecular weight is 874 g/mol. The van der Waals surface area contributed by atoms with Gasteiger partial charge in [-0.25, -0.2) is 0 Å². The van der Waals surface area contributed by atoms with Crippen molar-refractivity contribution < 1.29 is 28.6 Å². The van der Waals surface area contributed by atoms with Crippen LogP contribution in [0.3, 0.4) is 0 Å². The second kappa shape index (κ2) is 15.8.